The van der Waals surface area contributed by atoms with Gasteiger partial charge in [-0.3, -0.25) is 9.80 Å². The summed E-state index contributed by atoms with van der Waals surface area (Å²) in [5.74, 6) is 1.85. The number of para-hydroxylation sites is 1. The van der Waals surface area contributed by atoms with E-state index in [1.807, 2.05) is 31.2 Å². The Bertz CT molecular complexity index is 720. The maximum absolute atomic E-state index is 9.59. The molecule has 0 radical (unpaired) electrons. The van der Waals surface area contributed by atoms with Crippen molar-refractivity contribution in [2.45, 2.75) is 32.5 Å². The van der Waals surface area contributed by atoms with E-state index >= 15 is 0 Å². The van der Waals surface area contributed by atoms with Gasteiger partial charge >= 0.3 is 0 Å². The molecule has 152 valence electrons. The molecular formula is C23H32N2O3. The third-order valence-corrected chi connectivity index (χ3v) is 5.36. The van der Waals surface area contributed by atoms with Gasteiger partial charge in [-0.2, -0.15) is 0 Å². The van der Waals surface area contributed by atoms with Crippen LogP contribution in [0.3, 0.4) is 0 Å². The summed E-state index contributed by atoms with van der Waals surface area (Å²) in [6, 6.07) is 16.9. The zero-order chi connectivity index (χ0) is 19.8. The summed E-state index contributed by atoms with van der Waals surface area (Å²) in [7, 11) is 1.69. The van der Waals surface area contributed by atoms with Gasteiger partial charge in [0, 0.05) is 50.9 Å². The van der Waals surface area contributed by atoms with Gasteiger partial charge in [0.05, 0.1) is 13.7 Å². The highest BCUT2D eigenvalue weighted by Crippen LogP contribution is 2.24. The first kappa shape index (κ1) is 20.6. The topological polar surface area (TPSA) is 45.2 Å². The Morgan fingerprint density at radius 2 is 1.82 bits per heavy atom. The van der Waals surface area contributed by atoms with Crippen LogP contribution in [0.15, 0.2) is 48.5 Å². The van der Waals surface area contributed by atoms with Crippen LogP contribution in [-0.2, 0) is 13.1 Å². The molecule has 1 unspecified atom stereocenters. The first-order valence-corrected chi connectivity index (χ1v) is 10.1. The molecule has 5 heteroatoms. The highest BCUT2D eigenvalue weighted by atomic mass is 16.5. The molecule has 1 fully saturated rings. The van der Waals surface area contributed by atoms with E-state index in [-0.39, 0.29) is 6.61 Å². The fraction of sp³-hybridized carbons (Fsp3) is 0.478. The average molecular weight is 385 g/mol. The summed E-state index contributed by atoms with van der Waals surface area (Å²) >= 11 is 0. The largest absolute Gasteiger partial charge is 0.497 e. The van der Waals surface area contributed by atoms with Gasteiger partial charge in [0.1, 0.15) is 11.5 Å². The monoisotopic (exact) mass is 384 g/mol. The normalized spacial score (nSPS) is 18.2. The van der Waals surface area contributed by atoms with Crippen molar-refractivity contribution in [3.05, 3.63) is 59.7 Å². The van der Waals surface area contributed by atoms with Gasteiger partial charge in [-0.05, 0) is 37.1 Å². The van der Waals surface area contributed by atoms with Crippen LogP contribution < -0.4 is 9.47 Å². The number of methoxy groups -OCH3 is 1. The Hall–Kier alpha value is -2.08. The van der Waals surface area contributed by atoms with E-state index in [0.717, 1.165) is 50.6 Å². The van der Waals surface area contributed by atoms with Crippen LogP contribution in [0, 0.1) is 0 Å². The molecule has 0 saturated carbocycles. The number of piperazine rings is 1. The number of hydrogen-bond donors (Lipinski definition) is 1. The van der Waals surface area contributed by atoms with E-state index in [4.69, 9.17) is 9.47 Å². The van der Waals surface area contributed by atoms with Crippen LogP contribution in [0.25, 0.3) is 0 Å². The van der Waals surface area contributed by atoms with Crippen LogP contribution >= 0.6 is 0 Å². The van der Waals surface area contributed by atoms with Crippen LogP contribution in [0.2, 0.25) is 0 Å². The molecule has 0 amide bonds. The lowest BCUT2D eigenvalue weighted by Crippen LogP contribution is -2.52. The number of nitrogens with zero attached hydrogens (tertiary/aromatic N) is 2. The maximum atomic E-state index is 9.59. The molecule has 1 N–H and O–H groups in total. The smallest absolute Gasteiger partial charge is 0.123 e. The Balaban J connectivity index is 1.63. The van der Waals surface area contributed by atoms with Crippen LogP contribution in [-0.4, -0.2) is 60.9 Å². The lowest BCUT2D eigenvalue weighted by Gasteiger charge is -2.41. The van der Waals surface area contributed by atoms with Crippen molar-refractivity contribution in [3.63, 3.8) is 0 Å². The van der Waals surface area contributed by atoms with Crippen LogP contribution in [0.1, 0.15) is 24.5 Å². The van der Waals surface area contributed by atoms with E-state index in [9.17, 15) is 5.11 Å². The molecule has 2 aromatic rings. The Morgan fingerprint density at radius 1 is 1.04 bits per heavy atom. The lowest BCUT2D eigenvalue weighted by molar-refractivity contribution is 0.0494. The van der Waals surface area contributed by atoms with Gasteiger partial charge in [-0.1, -0.05) is 30.3 Å². The summed E-state index contributed by atoms with van der Waals surface area (Å²) in [5, 5.41) is 9.59. The second kappa shape index (κ2) is 10.5. The summed E-state index contributed by atoms with van der Waals surface area (Å²) < 4.78 is 11.0. The van der Waals surface area contributed by atoms with E-state index in [1.54, 1.807) is 7.11 Å². The quantitative estimate of drug-likeness (QED) is 0.720. The molecule has 1 aliphatic rings. The Kier molecular flexibility index (Phi) is 7.71. The predicted molar refractivity (Wildman–Crippen MR) is 112 cm³/mol. The SMILES string of the molecule is CCOc1ccccc1CN1CCN(Cc2ccc(OC)cc2)CC1CCO. The first-order chi connectivity index (χ1) is 13.7. The number of ether oxygens (including phenoxy) is 2. The summed E-state index contributed by atoms with van der Waals surface area (Å²) in [5.41, 5.74) is 2.51. The molecule has 1 heterocycles. The summed E-state index contributed by atoms with van der Waals surface area (Å²) in [6.45, 7) is 7.66. The van der Waals surface area contributed by atoms with Crippen molar-refractivity contribution in [2.24, 2.45) is 0 Å². The highest BCUT2D eigenvalue weighted by molar-refractivity contribution is 5.33. The molecule has 5 nitrogen and oxygen atoms in total. The van der Waals surface area contributed by atoms with E-state index in [2.05, 4.69) is 34.1 Å². The van der Waals surface area contributed by atoms with Crippen molar-refractivity contribution in [3.8, 4) is 11.5 Å². The fourth-order valence-corrected chi connectivity index (χ4v) is 3.87. The second-order valence-corrected chi connectivity index (χ2v) is 7.26. The van der Waals surface area contributed by atoms with Gasteiger partial charge in [0.25, 0.3) is 0 Å². The lowest BCUT2D eigenvalue weighted by atomic mass is 10.1. The number of benzene rings is 2. The van der Waals surface area contributed by atoms with Crippen molar-refractivity contribution in [2.75, 3.05) is 40.0 Å². The number of rotatable bonds is 9. The zero-order valence-electron chi connectivity index (χ0n) is 17.0. The molecular weight excluding hydrogens is 352 g/mol. The molecule has 0 aromatic heterocycles. The molecule has 28 heavy (non-hydrogen) atoms. The second-order valence-electron chi connectivity index (χ2n) is 7.26. The van der Waals surface area contributed by atoms with Crippen molar-refractivity contribution < 1.29 is 14.6 Å². The molecule has 3 rings (SSSR count). The number of aliphatic hydroxyl groups is 1. The summed E-state index contributed by atoms with van der Waals surface area (Å²) in [4.78, 5) is 4.96. The van der Waals surface area contributed by atoms with Gasteiger partial charge in [0.15, 0.2) is 0 Å². The molecule has 1 saturated heterocycles. The molecule has 0 aliphatic carbocycles. The van der Waals surface area contributed by atoms with E-state index in [1.165, 1.54) is 11.1 Å². The van der Waals surface area contributed by atoms with Crippen LogP contribution in [0.5, 0.6) is 11.5 Å². The minimum atomic E-state index is 0.213. The first-order valence-electron chi connectivity index (χ1n) is 10.1. The maximum Gasteiger partial charge on any atom is 0.123 e. The van der Waals surface area contributed by atoms with Gasteiger partial charge in [-0.25, -0.2) is 0 Å². The Morgan fingerprint density at radius 3 is 2.54 bits per heavy atom. The van der Waals surface area contributed by atoms with E-state index in [0.29, 0.717) is 12.6 Å². The fourth-order valence-electron chi connectivity index (χ4n) is 3.87. The number of hydrogen-bond acceptors (Lipinski definition) is 5. The van der Waals surface area contributed by atoms with Crippen LogP contribution in [0.4, 0.5) is 0 Å². The minimum absolute atomic E-state index is 0.213. The van der Waals surface area contributed by atoms with Crippen molar-refractivity contribution in [1.29, 1.82) is 0 Å². The van der Waals surface area contributed by atoms with Crippen molar-refractivity contribution >= 4 is 0 Å². The summed E-state index contributed by atoms with van der Waals surface area (Å²) in [6.07, 6.45) is 0.788. The molecule has 2 aromatic carbocycles. The molecule has 0 spiro atoms. The van der Waals surface area contributed by atoms with Gasteiger partial charge in [-0.15, -0.1) is 0 Å². The highest BCUT2D eigenvalue weighted by Gasteiger charge is 2.27. The third kappa shape index (κ3) is 5.47. The van der Waals surface area contributed by atoms with Gasteiger partial charge < -0.3 is 14.6 Å². The van der Waals surface area contributed by atoms with Gasteiger partial charge in [0.2, 0.25) is 0 Å². The number of aliphatic hydroxyl groups excluding tert-OH is 1. The molecule has 0 bridgehead atoms. The zero-order valence-corrected chi connectivity index (χ0v) is 17.0. The predicted octanol–water partition coefficient (Wildman–Crippen LogP) is 3.16. The molecule has 1 aliphatic heterocycles. The average Bonchev–Trinajstić information content (AvgIpc) is 2.72. The standard InChI is InChI=1S/C23H32N2O3/c1-3-28-23-7-5-4-6-20(23)17-25-14-13-24(18-21(25)12-15-26)16-19-8-10-22(27-2)11-9-19/h4-11,21,26H,3,12-18H2,1-2H3. The van der Waals surface area contributed by atoms with E-state index < -0.39 is 0 Å². The minimum Gasteiger partial charge on any atom is -0.497 e. The third-order valence-electron chi connectivity index (χ3n) is 5.36. The Labute approximate surface area is 168 Å². The van der Waals surface area contributed by atoms with Crippen molar-refractivity contribution in [1.82, 2.24) is 9.80 Å². The molecule has 1 atom stereocenters.